The molecule has 11 heteroatoms. The Morgan fingerprint density at radius 2 is 1.77 bits per heavy atom. The monoisotopic (exact) mass is 631 g/mol. The van der Waals surface area contributed by atoms with Crippen molar-refractivity contribution in [2.75, 3.05) is 31.6 Å². The minimum atomic E-state index is -1.19. The molecule has 2 aromatic heterocycles. The van der Waals surface area contributed by atoms with Crippen LogP contribution in [0.15, 0.2) is 48.5 Å². The van der Waals surface area contributed by atoms with Crippen molar-refractivity contribution in [1.29, 1.82) is 0 Å². The van der Waals surface area contributed by atoms with Crippen molar-refractivity contribution in [2.24, 2.45) is 7.05 Å². The van der Waals surface area contributed by atoms with Crippen molar-refractivity contribution in [3.8, 4) is 21.7 Å². The molecule has 0 spiro atoms. The SMILES string of the molecule is Cc1cc2nc(-c3ccc4c(c3)c(N3CCN(C)CC3=O)nn4C)sc2c(-c2ccc(Cl)cc2)c1C(OC(C)(C)C)C(=O)O. The van der Waals surface area contributed by atoms with E-state index >= 15 is 0 Å². The summed E-state index contributed by atoms with van der Waals surface area (Å²) in [5.41, 5.74) is 4.83. The molecule has 1 fully saturated rings. The van der Waals surface area contributed by atoms with E-state index in [9.17, 15) is 14.7 Å². The molecule has 6 rings (SSSR count). The van der Waals surface area contributed by atoms with E-state index in [1.807, 2.05) is 83.1 Å². The Bertz CT molecular complexity index is 1930. The lowest BCUT2D eigenvalue weighted by molar-refractivity contribution is -0.160. The number of anilines is 1. The zero-order chi connectivity index (χ0) is 31.5. The summed E-state index contributed by atoms with van der Waals surface area (Å²) >= 11 is 7.74. The van der Waals surface area contributed by atoms with Gasteiger partial charge >= 0.3 is 5.97 Å². The normalized spacial score (nSPS) is 15.4. The van der Waals surface area contributed by atoms with Crippen LogP contribution in [0.25, 0.3) is 42.8 Å². The van der Waals surface area contributed by atoms with E-state index in [0.717, 1.165) is 54.9 Å². The first-order chi connectivity index (χ1) is 20.8. The third kappa shape index (κ3) is 5.59. The molecule has 0 radical (unpaired) electrons. The average Bonchev–Trinajstić information content (AvgIpc) is 3.51. The molecule has 0 bridgehead atoms. The predicted octanol–water partition coefficient (Wildman–Crippen LogP) is 6.70. The van der Waals surface area contributed by atoms with Crippen molar-refractivity contribution in [2.45, 2.75) is 39.4 Å². The van der Waals surface area contributed by atoms with Crippen LogP contribution in [0.1, 0.15) is 38.0 Å². The highest BCUT2D eigenvalue weighted by molar-refractivity contribution is 7.22. The number of thiazole rings is 1. The molecule has 1 aliphatic rings. The van der Waals surface area contributed by atoms with E-state index < -0.39 is 17.7 Å². The summed E-state index contributed by atoms with van der Waals surface area (Å²) in [6.07, 6.45) is -1.19. The van der Waals surface area contributed by atoms with Crippen molar-refractivity contribution >= 4 is 61.8 Å². The quantitative estimate of drug-likeness (QED) is 0.223. The van der Waals surface area contributed by atoms with Crippen LogP contribution in [0.5, 0.6) is 0 Å². The number of aromatic nitrogens is 3. The number of carboxylic acids is 1. The number of hydrogen-bond acceptors (Lipinski definition) is 7. The molecular formula is C33H34ClN5O4S. The van der Waals surface area contributed by atoms with Gasteiger partial charge in [-0.3, -0.25) is 19.3 Å². The summed E-state index contributed by atoms with van der Waals surface area (Å²) in [7, 11) is 3.82. The Balaban J connectivity index is 1.54. The highest BCUT2D eigenvalue weighted by atomic mass is 35.5. The Kier molecular flexibility index (Phi) is 7.73. The molecule has 1 aliphatic heterocycles. The van der Waals surface area contributed by atoms with Gasteiger partial charge in [-0.15, -0.1) is 11.3 Å². The summed E-state index contributed by atoms with van der Waals surface area (Å²) in [4.78, 5) is 34.4. The van der Waals surface area contributed by atoms with Crippen molar-refractivity contribution in [3.05, 3.63) is 64.7 Å². The maximum absolute atomic E-state index is 12.9. The zero-order valence-corrected chi connectivity index (χ0v) is 27.1. The fourth-order valence-corrected chi connectivity index (χ4v) is 7.00. The van der Waals surface area contributed by atoms with Crippen molar-refractivity contribution in [3.63, 3.8) is 0 Å². The van der Waals surface area contributed by atoms with Crippen LogP contribution in [-0.2, 0) is 21.4 Å². The van der Waals surface area contributed by atoms with Gasteiger partial charge in [0.05, 0.1) is 27.9 Å². The second-order valence-corrected chi connectivity index (χ2v) is 13.7. The largest absolute Gasteiger partial charge is 0.479 e. The van der Waals surface area contributed by atoms with Gasteiger partial charge in [-0.1, -0.05) is 23.7 Å². The average molecular weight is 632 g/mol. The number of aliphatic carboxylic acids is 1. The molecule has 5 aromatic rings. The first kappa shape index (κ1) is 30.2. The first-order valence-corrected chi connectivity index (χ1v) is 15.6. The van der Waals surface area contributed by atoms with Gasteiger partial charge in [0.15, 0.2) is 11.9 Å². The number of rotatable bonds is 6. The number of aryl methyl sites for hydroxylation is 2. The number of likely N-dealkylation sites (N-methyl/N-ethyl adjacent to an activating group) is 1. The topological polar surface area (TPSA) is 101 Å². The van der Waals surface area contributed by atoms with E-state index in [2.05, 4.69) is 0 Å². The van der Waals surface area contributed by atoms with Crippen LogP contribution >= 0.6 is 22.9 Å². The highest BCUT2D eigenvalue weighted by Crippen LogP contribution is 2.45. The van der Waals surface area contributed by atoms with E-state index in [1.165, 1.54) is 11.3 Å². The summed E-state index contributed by atoms with van der Waals surface area (Å²) in [5, 5.41) is 17.3. The number of piperazine rings is 1. The fourth-order valence-electron chi connectivity index (χ4n) is 5.76. The van der Waals surface area contributed by atoms with Gasteiger partial charge in [-0.25, -0.2) is 9.78 Å². The number of carboxylic acid groups (broad SMARTS) is 1. The first-order valence-electron chi connectivity index (χ1n) is 14.4. The molecule has 228 valence electrons. The molecule has 1 amide bonds. The number of carbonyl (C=O) groups excluding carboxylic acids is 1. The number of halogens is 1. The summed E-state index contributed by atoms with van der Waals surface area (Å²) in [5.74, 6) is -0.396. The lowest BCUT2D eigenvalue weighted by Gasteiger charge is -2.30. The maximum atomic E-state index is 12.9. The predicted molar refractivity (Wildman–Crippen MR) is 176 cm³/mol. The molecule has 1 atom stereocenters. The molecule has 9 nitrogen and oxygen atoms in total. The van der Waals surface area contributed by atoms with Gasteiger partial charge in [0.1, 0.15) is 5.01 Å². The summed E-state index contributed by atoms with van der Waals surface area (Å²) in [6, 6.07) is 15.4. The smallest absolute Gasteiger partial charge is 0.337 e. The Morgan fingerprint density at radius 3 is 2.43 bits per heavy atom. The number of ether oxygens (including phenoxy) is 1. The second kappa shape index (κ2) is 11.3. The molecular weight excluding hydrogens is 598 g/mol. The molecule has 0 saturated carbocycles. The van der Waals surface area contributed by atoms with Crippen LogP contribution in [0.4, 0.5) is 5.82 Å². The Morgan fingerprint density at radius 1 is 1.07 bits per heavy atom. The number of fused-ring (bicyclic) bond motifs is 2. The zero-order valence-electron chi connectivity index (χ0n) is 25.5. The minimum absolute atomic E-state index is 0.0187. The van der Waals surface area contributed by atoms with Crippen LogP contribution in [0.2, 0.25) is 5.02 Å². The minimum Gasteiger partial charge on any atom is -0.479 e. The molecule has 1 unspecified atom stereocenters. The van der Waals surface area contributed by atoms with Crippen molar-refractivity contribution in [1.82, 2.24) is 19.7 Å². The number of hydrogen-bond donors (Lipinski definition) is 1. The van der Waals surface area contributed by atoms with Gasteiger partial charge in [0.2, 0.25) is 5.91 Å². The van der Waals surface area contributed by atoms with Gasteiger partial charge in [0.25, 0.3) is 0 Å². The standard InChI is InChI=1S/C33H34ClN5O4S/c1-18-15-23-29(27(19-7-10-21(34)11-8-19)26(18)28(32(41)42)43-33(2,3)4)44-31(35-23)20-9-12-24-22(16-20)30(36-38(24)6)39-14-13-37(5)17-25(39)40/h7-12,15-16,28H,13-14,17H2,1-6H3,(H,41,42). The summed E-state index contributed by atoms with van der Waals surface area (Å²) in [6.45, 7) is 9.14. The summed E-state index contributed by atoms with van der Waals surface area (Å²) < 4.78 is 8.80. The van der Waals surface area contributed by atoms with Gasteiger partial charge in [0, 0.05) is 47.2 Å². The fraction of sp³-hybridized carbons (Fsp3) is 0.333. The van der Waals surface area contributed by atoms with Gasteiger partial charge in [-0.2, -0.15) is 5.10 Å². The number of benzene rings is 3. The van der Waals surface area contributed by atoms with E-state index in [1.54, 1.807) is 21.7 Å². The van der Waals surface area contributed by atoms with E-state index in [-0.39, 0.29) is 5.91 Å². The maximum Gasteiger partial charge on any atom is 0.337 e. The molecule has 1 N–H and O–H groups in total. The van der Waals surface area contributed by atoms with Crippen molar-refractivity contribution < 1.29 is 19.4 Å². The van der Waals surface area contributed by atoms with Gasteiger partial charge in [-0.05, 0) is 82.3 Å². The molecule has 44 heavy (non-hydrogen) atoms. The van der Waals surface area contributed by atoms with E-state index in [4.69, 9.17) is 26.4 Å². The lowest BCUT2D eigenvalue weighted by Crippen LogP contribution is -2.49. The molecule has 0 aliphatic carbocycles. The van der Waals surface area contributed by atoms with Gasteiger partial charge < -0.3 is 9.84 Å². The third-order valence-corrected chi connectivity index (χ3v) is 9.15. The van der Waals surface area contributed by atoms with Crippen LogP contribution in [0, 0.1) is 6.92 Å². The lowest BCUT2D eigenvalue weighted by atomic mass is 9.91. The Labute approximate surface area is 264 Å². The van der Waals surface area contributed by atoms with Crippen LogP contribution in [0.3, 0.4) is 0 Å². The Hall–Kier alpha value is -3.83. The van der Waals surface area contributed by atoms with E-state index in [0.29, 0.717) is 29.5 Å². The highest BCUT2D eigenvalue weighted by Gasteiger charge is 2.33. The number of nitrogens with zero attached hydrogens (tertiary/aromatic N) is 5. The molecule has 3 heterocycles. The molecule has 1 saturated heterocycles. The number of carbonyl (C=O) groups is 2. The molecule has 3 aromatic carbocycles. The number of amides is 1. The third-order valence-electron chi connectivity index (χ3n) is 7.76. The second-order valence-electron chi connectivity index (χ2n) is 12.3. The van der Waals surface area contributed by atoms with Crippen LogP contribution in [-0.4, -0.2) is 68.9 Å². The van der Waals surface area contributed by atoms with Crippen LogP contribution < -0.4 is 4.90 Å².